The monoisotopic (exact) mass is 337 g/mol. The summed E-state index contributed by atoms with van der Waals surface area (Å²) in [6, 6.07) is 11.8. The Balaban J connectivity index is 2.19. The molecule has 0 aromatic heterocycles. The highest BCUT2D eigenvalue weighted by Gasteiger charge is 2.18. The third-order valence-corrected chi connectivity index (χ3v) is 3.52. The minimum Gasteiger partial charge on any atom is -0.454 e. The summed E-state index contributed by atoms with van der Waals surface area (Å²) in [6.45, 7) is 1.77. The molecule has 0 bridgehead atoms. The predicted octanol–water partition coefficient (Wildman–Crippen LogP) is 4.09. The van der Waals surface area contributed by atoms with Gasteiger partial charge in [-0.2, -0.15) is 0 Å². The summed E-state index contributed by atoms with van der Waals surface area (Å²) in [5, 5.41) is 0. The fourth-order valence-corrected chi connectivity index (χ4v) is 2.22. The van der Waals surface area contributed by atoms with Crippen LogP contribution >= 0.6 is 15.9 Å². The van der Waals surface area contributed by atoms with E-state index in [-0.39, 0.29) is 11.3 Å². The van der Waals surface area contributed by atoms with Crippen LogP contribution in [-0.4, -0.2) is 5.97 Å². The van der Waals surface area contributed by atoms with Crippen LogP contribution in [0.25, 0.3) is 0 Å². The Labute approximate surface area is 124 Å². The molecule has 0 amide bonds. The molecule has 0 radical (unpaired) electrons. The zero-order chi connectivity index (χ0) is 14.7. The van der Waals surface area contributed by atoms with Crippen molar-refractivity contribution in [1.82, 2.24) is 0 Å². The van der Waals surface area contributed by atoms with Crippen molar-refractivity contribution in [2.45, 2.75) is 13.0 Å². The maximum atomic E-state index is 13.2. The van der Waals surface area contributed by atoms with Gasteiger partial charge in [0.1, 0.15) is 11.9 Å². The number of nitrogens with two attached hydrogens (primary N) is 1. The fraction of sp³-hybridized carbons (Fsp3) is 0.133. The third-order valence-electron chi connectivity index (χ3n) is 2.86. The first kappa shape index (κ1) is 14.5. The number of halogens is 2. The van der Waals surface area contributed by atoms with E-state index >= 15 is 0 Å². The molecule has 0 saturated carbocycles. The highest BCUT2D eigenvalue weighted by atomic mass is 79.9. The number of benzene rings is 2. The van der Waals surface area contributed by atoms with Crippen molar-refractivity contribution < 1.29 is 13.9 Å². The van der Waals surface area contributed by atoms with E-state index < -0.39 is 17.9 Å². The molecule has 1 atom stereocenters. The van der Waals surface area contributed by atoms with Crippen molar-refractivity contribution in [3.63, 3.8) is 0 Å². The molecule has 2 aromatic carbocycles. The molecular formula is C15H13BrFNO2. The Morgan fingerprint density at radius 1 is 1.30 bits per heavy atom. The average molecular weight is 338 g/mol. The maximum absolute atomic E-state index is 13.2. The summed E-state index contributed by atoms with van der Waals surface area (Å²) in [4.78, 5) is 12.1. The summed E-state index contributed by atoms with van der Waals surface area (Å²) in [6.07, 6.45) is -0.401. The van der Waals surface area contributed by atoms with Gasteiger partial charge < -0.3 is 10.5 Å². The molecule has 104 valence electrons. The summed E-state index contributed by atoms with van der Waals surface area (Å²) in [5.41, 5.74) is 6.46. The average Bonchev–Trinajstić information content (AvgIpc) is 2.43. The number of hydrogen-bond donors (Lipinski definition) is 1. The molecule has 5 heteroatoms. The van der Waals surface area contributed by atoms with Gasteiger partial charge in [0.25, 0.3) is 0 Å². The number of ether oxygens (including phenoxy) is 1. The van der Waals surface area contributed by atoms with E-state index in [2.05, 4.69) is 15.9 Å². The molecular weight excluding hydrogens is 325 g/mol. The van der Waals surface area contributed by atoms with Gasteiger partial charge in [0.2, 0.25) is 0 Å². The molecule has 0 aliphatic heterocycles. The van der Waals surface area contributed by atoms with Gasteiger partial charge in [0, 0.05) is 4.47 Å². The van der Waals surface area contributed by atoms with Crippen LogP contribution < -0.4 is 5.73 Å². The molecule has 2 aromatic rings. The molecule has 20 heavy (non-hydrogen) atoms. The third kappa shape index (κ3) is 3.17. The quantitative estimate of drug-likeness (QED) is 0.677. The van der Waals surface area contributed by atoms with E-state index in [9.17, 15) is 9.18 Å². The van der Waals surface area contributed by atoms with Gasteiger partial charge in [-0.15, -0.1) is 0 Å². The van der Waals surface area contributed by atoms with Crippen molar-refractivity contribution >= 4 is 27.6 Å². The molecule has 0 aliphatic rings. The van der Waals surface area contributed by atoms with E-state index in [1.807, 2.05) is 30.3 Å². The Morgan fingerprint density at radius 2 is 1.95 bits per heavy atom. The van der Waals surface area contributed by atoms with E-state index in [0.717, 1.165) is 11.6 Å². The van der Waals surface area contributed by atoms with Crippen molar-refractivity contribution in [2.24, 2.45) is 0 Å². The van der Waals surface area contributed by atoms with Gasteiger partial charge in [0.05, 0.1) is 11.3 Å². The van der Waals surface area contributed by atoms with Gasteiger partial charge in [0.15, 0.2) is 0 Å². The van der Waals surface area contributed by atoms with E-state index in [0.29, 0.717) is 4.47 Å². The molecule has 0 heterocycles. The van der Waals surface area contributed by atoms with Gasteiger partial charge in [-0.05, 0) is 40.5 Å². The lowest BCUT2D eigenvalue weighted by Gasteiger charge is -2.14. The first-order valence-electron chi connectivity index (χ1n) is 5.99. The van der Waals surface area contributed by atoms with Crippen LogP contribution in [-0.2, 0) is 4.74 Å². The van der Waals surface area contributed by atoms with Crippen molar-refractivity contribution in [2.75, 3.05) is 5.73 Å². The smallest absolute Gasteiger partial charge is 0.339 e. The summed E-state index contributed by atoms with van der Waals surface area (Å²) >= 11 is 3.13. The van der Waals surface area contributed by atoms with Crippen LogP contribution in [0.3, 0.4) is 0 Å². The number of rotatable bonds is 3. The summed E-state index contributed by atoms with van der Waals surface area (Å²) in [7, 11) is 0. The van der Waals surface area contributed by atoms with Crippen molar-refractivity contribution in [3.8, 4) is 0 Å². The minimum atomic E-state index is -0.579. The first-order valence-corrected chi connectivity index (χ1v) is 6.78. The Hall–Kier alpha value is -1.88. The molecule has 3 nitrogen and oxygen atoms in total. The molecule has 2 rings (SSSR count). The Bertz CT molecular complexity index is 631. The van der Waals surface area contributed by atoms with Crippen molar-refractivity contribution in [1.29, 1.82) is 0 Å². The fourth-order valence-electron chi connectivity index (χ4n) is 1.74. The zero-order valence-corrected chi connectivity index (χ0v) is 12.4. The standard InChI is InChI=1S/C15H13BrFNO2/c1-9(10-5-3-2-4-6-10)20-15(19)11-7-14(18)13(17)8-12(11)16/h2-9H,18H2,1H3. The topological polar surface area (TPSA) is 52.3 Å². The Morgan fingerprint density at radius 3 is 2.60 bits per heavy atom. The van der Waals surface area contributed by atoms with Crippen LogP contribution in [0.2, 0.25) is 0 Å². The summed E-state index contributed by atoms with van der Waals surface area (Å²) in [5.74, 6) is -1.13. The second-order valence-electron chi connectivity index (χ2n) is 4.31. The van der Waals surface area contributed by atoms with Crippen LogP contribution in [0.1, 0.15) is 28.9 Å². The molecule has 2 N–H and O–H groups in total. The number of anilines is 1. The lowest BCUT2D eigenvalue weighted by Crippen LogP contribution is -2.10. The highest BCUT2D eigenvalue weighted by Crippen LogP contribution is 2.26. The first-order chi connectivity index (χ1) is 9.49. The lowest BCUT2D eigenvalue weighted by atomic mass is 10.1. The normalized spacial score (nSPS) is 11.9. The van der Waals surface area contributed by atoms with Gasteiger partial charge in [-0.1, -0.05) is 30.3 Å². The van der Waals surface area contributed by atoms with E-state index in [4.69, 9.17) is 10.5 Å². The highest BCUT2D eigenvalue weighted by molar-refractivity contribution is 9.10. The Kier molecular flexibility index (Phi) is 4.39. The van der Waals surface area contributed by atoms with Crippen molar-refractivity contribution in [3.05, 3.63) is 63.9 Å². The molecule has 0 aliphatic carbocycles. The van der Waals surface area contributed by atoms with Gasteiger partial charge in [-0.3, -0.25) is 0 Å². The second-order valence-corrected chi connectivity index (χ2v) is 5.17. The van der Waals surface area contributed by atoms with Crippen LogP contribution in [0.4, 0.5) is 10.1 Å². The minimum absolute atomic E-state index is 0.0903. The van der Waals surface area contributed by atoms with Crippen LogP contribution in [0, 0.1) is 5.82 Å². The molecule has 1 unspecified atom stereocenters. The van der Waals surface area contributed by atoms with E-state index in [1.54, 1.807) is 6.92 Å². The van der Waals surface area contributed by atoms with Crippen LogP contribution in [0.15, 0.2) is 46.9 Å². The zero-order valence-electron chi connectivity index (χ0n) is 10.8. The maximum Gasteiger partial charge on any atom is 0.339 e. The number of hydrogen-bond acceptors (Lipinski definition) is 3. The van der Waals surface area contributed by atoms with E-state index in [1.165, 1.54) is 6.07 Å². The molecule has 0 fully saturated rings. The number of carbonyl (C=O) groups excluding carboxylic acids is 1. The second kappa shape index (κ2) is 6.05. The lowest BCUT2D eigenvalue weighted by molar-refractivity contribution is 0.0337. The number of nitrogen functional groups attached to an aromatic ring is 1. The largest absolute Gasteiger partial charge is 0.454 e. The van der Waals surface area contributed by atoms with Gasteiger partial charge >= 0.3 is 5.97 Å². The number of carbonyl (C=O) groups is 1. The predicted molar refractivity (Wildman–Crippen MR) is 78.8 cm³/mol. The summed E-state index contributed by atoms with van der Waals surface area (Å²) < 4.78 is 18.9. The molecule has 0 saturated heterocycles. The molecule has 0 spiro atoms. The SMILES string of the molecule is CC(OC(=O)c1cc(N)c(F)cc1Br)c1ccccc1. The van der Waals surface area contributed by atoms with Gasteiger partial charge in [-0.25, -0.2) is 9.18 Å². The number of esters is 1. The van der Waals surface area contributed by atoms with Crippen LogP contribution in [0.5, 0.6) is 0 Å².